The average Bonchev–Trinajstić information content (AvgIpc) is 2.95. The molecule has 0 radical (unpaired) electrons. The molecule has 2 aromatic heterocycles. The molecule has 1 aliphatic rings. The topological polar surface area (TPSA) is 92.9 Å². The van der Waals surface area contributed by atoms with Gasteiger partial charge in [0.15, 0.2) is 0 Å². The van der Waals surface area contributed by atoms with Crippen LogP contribution >= 0.6 is 11.6 Å². The molecule has 9 heteroatoms. The van der Waals surface area contributed by atoms with Crippen LogP contribution in [-0.4, -0.2) is 54.0 Å². The Hall–Kier alpha value is -1.80. The minimum Gasteiger partial charge on any atom is -0.391 e. The van der Waals surface area contributed by atoms with Crippen molar-refractivity contribution in [2.75, 3.05) is 18.0 Å². The Kier molecular flexibility index (Phi) is 3.49. The molecular formula is C11H14ClN7O. The highest BCUT2D eigenvalue weighted by Gasteiger charge is 2.26. The second kappa shape index (κ2) is 5.29. The minimum absolute atomic E-state index is 0.0913. The number of piperidine rings is 1. The maximum absolute atomic E-state index is 9.96. The molecule has 106 valence electrons. The summed E-state index contributed by atoms with van der Waals surface area (Å²) in [7, 11) is 0. The van der Waals surface area contributed by atoms with Crippen LogP contribution in [-0.2, 0) is 0 Å². The Morgan fingerprint density at radius 3 is 2.80 bits per heavy atom. The summed E-state index contributed by atoms with van der Waals surface area (Å²) in [6, 6.07) is 0. The molecule has 0 spiro atoms. The van der Waals surface area contributed by atoms with Crippen LogP contribution in [0.5, 0.6) is 0 Å². The van der Waals surface area contributed by atoms with E-state index < -0.39 is 6.10 Å². The van der Waals surface area contributed by atoms with Crippen molar-refractivity contribution in [2.24, 2.45) is 5.92 Å². The Morgan fingerprint density at radius 1 is 1.30 bits per heavy atom. The molecular weight excluding hydrogens is 282 g/mol. The van der Waals surface area contributed by atoms with Crippen molar-refractivity contribution < 1.29 is 5.11 Å². The number of anilines is 1. The first-order valence-corrected chi connectivity index (χ1v) is 6.71. The second-order valence-electron chi connectivity index (χ2n) is 4.82. The van der Waals surface area contributed by atoms with Crippen molar-refractivity contribution in [1.29, 1.82) is 0 Å². The van der Waals surface area contributed by atoms with Crippen LogP contribution in [0.2, 0.25) is 5.28 Å². The van der Waals surface area contributed by atoms with E-state index in [2.05, 4.69) is 25.0 Å². The Morgan fingerprint density at radius 2 is 2.10 bits per heavy atom. The summed E-state index contributed by atoms with van der Waals surface area (Å²) in [4.78, 5) is 18.2. The van der Waals surface area contributed by atoms with Crippen molar-refractivity contribution in [1.82, 2.24) is 29.7 Å². The van der Waals surface area contributed by atoms with Crippen molar-refractivity contribution in [3.63, 3.8) is 0 Å². The molecule has 1 saturated heterocycles. The Bertz CT molecular complexity index is 590. The van der Waals surface area contributed by atoms with Gasteiger partial charge in [0.05, 0.1) is 6.10 Å². The average molecular weight is 296 g/mol. The van der Waals surface area contributed by atoms with Gasteiger partial charge in [0.1, 0.15) is 12.7 Å². The first kappa shape index (κ1) is 13.2. The number of hydrogen-bond acceptors (Lipinski definition) is 7. The van der Waals surface area contributed by atoms with Gasteiger partial charge in [-0.25, -0.2) is 4.98 Å². The lowest BCUT2D eigenvalue weighted by atomic mass is 9.96. The summed E-state index contributed by atoms with van der Waals surface area (Å²) in [5.41, 5.74) is 0. The molecule has 0 aliphatic carbocycles. The molecule has 0 bridgehead atoms. The van der Waals surface area contributed by atoms with E-state index in [9.17, 15) is 5.11 Å². The van der Waals surface area contributed by atoms with Gasteiger partial charge in [0.25, 0.3) is 5.95 Å². The molecule has 2 atom stereocenters. The highest BCUT2D eigenvalue weighted by Crippen LogP contribution is 2.21. The quantitative estimate of drug-likeness (QED) is 0.852. The molecule has 0 amide bonds. The lowest BCUT2D eigenvalue weighted by Gasteiger charge is -2.34. The highest BCUT2D eigenvalue weighted by molar-refractivity contribution is 6.28. The SMILES string of the molecule is CC1CCN(c2nc(Cl)nc(-n3cncn3)n2)CC1O. The summed E-state index contributed by atoms with van der Waals surface area (Å²) in [5, 5.41) is 14.0. The smallest absolute Gasteiger partial charge is 0.258 e. The van der Waals surface area contributed by atoms with Gasteiger partial charge < -0.3 is 10.0 Å². The maximum Gasteiger partial charge on any atom is 0.258 e. The summed E-state index contributed by atoms with van der Waals surface area (Å²) >= 11 is 5.94. The van der Waals surface area contributed by atoms with Crippen molar-refractivity contribution >= 4 is 17.5 Å². The van der Waals surface area contributed by atoms with Crippen molar-refractivity contribution in [3.05, 3.63) is 17.9 Å². The van der Waals surface area contributed by atoms with Crippen LogP contribution < -0.4 is 4.90 Å². The predicted octanol–water partition coefficient (Wildman–Crippen LogP) is 0.313. The zero-order chi connectivity index (χ0) is 14.1. The van der Waals surface area contributed by atoms with Crippen LogP contribution in [0.3, 0.4) is 0 Å². The minimum atomic E-state index is -0.394. The van der Waals surface area contributed by atoms with Gasteiger partial charge in [-0.15, -0.1) is 0 Å². The van der Waals surface area contributed by atoms with Gasteiger partial charge in [0, 0.05) is 13.1 Å². The fourth-order valence-electron chi connectivity index (χ4n) is 2.12. The van der Waals surface area contributed by atoms with Gasteiger partial charge in [-0.2, -0.15) is 24.7 Å². The molecule has 3 heterocycles. The molecule has 2 unspecified atom stereocenters. The largest absolute Gasteiger partial charge is 0.391 e. The van der Waals surface area contributed by atoms with E-state index in [1.807, 2.05) is 11.8 Å². The molecule has 2 aromatic rings. The second-order valence-corrected chi connectivity index (χ2v) is 5.16. The number of nitrogens with zero attached hydrogens (tertiary/aromatic N) is 7. The molecule has 3 rings (SSSR count). The number of β-amino-alcohol motifs (C(OH)–C–C–N with tert-alkyl or cyclic N) is 1. The van der Waals surface area contributed by atoms with E-state index in [-0.39, 0.29) is 11.2 Å². The third-order valence-electron chi connectivity index (χ3n) is 3.41. The highest BCUT2D eigenvalue weighted by atomic mass is 35.5. The van der Waals surface area contributed by atoms with E-state index in [0.717, 1.165) is 13.0 Å². The summed E-state index contributed by atoms with van der Waals surface area (Å²) < 4.78 is 1.42. The number of aliphatic hydroxyl groups is 1. The van der Waals surface area contributed by atoms with Gasteiger partial charge >= 0.3 is 0 Å². The standard InChI is InChI=1S/C11H14ClN7O/c1-7-2-3-18(4-8(7)20)10-15-9(12)16-11(17-10)19-6-13-5-14-19/h5-8,20H,2-4H2,1H3. The normalized spacial score (nSPS) is 23.1. The molecule has 1 N–H and O–H groups in total. The molecule has 0 aromatic carbocycles. The number of rotatable bonds is 2. The van der Waals surface area contributed by atoms with Crippen LogP contribution in [0.15, 0.2) is 12.7 Å². The van der Waals surface area contributed by atoms with E-state index in [1.165, 1.54) is 17.3 Å². The zero-order valence-electron chi connectivity index (χ0n) is 10.9. The zero-order valence-corrected chi connectivity index (χ0v) is 11.6. The molecule has 1 aliphatic heterocycles. The van der Waals surface area contributed by atoms with E-state index in [4.69, 9.17) is 11.6 Å². The Balaban J connectivity index is 1.90. The van der Waals surface area contributed by atoms with E-state index in [1.54, 1.807) is 0 Å². The lowest BCUT2D eigenvalue weighted by Crippen LogP contribution is -2.43. The first-order valence-electron chi connectivity index (χ1n) is 6.33. The van der Waals surface area contributed by atoms with E-state index >= 15 is 0 Å². The fourth-order valence-corrected chi connectivity index (χ4v) is 2.27. The number of aliphatic hydroxyl groups excluding tert-OH is 1. The first-order chi connectivity index (χ1) is 9.63. The summed E-state index contributed by atoms with van der Waals surface area (Å²) in [6.45, 7) is 3.29. The van der Waals surface area contributed by atoms with Crippen LogP contribution in [0.1, 0.15) is 13.3 Å². The van der Waals surface area contributed by atoms with Gasteiger partial charge in [0.2, 0.25) is 11.2 Å². The monoisotopic (exact) mass is 295 g/mol. The number of hydrogen-bond donors (Lipinski definition) is 1. The van der Waals surface area contributed by atoms with Crippen molar-refractivity contribution in [3.8, 4) is 5.95 Å². The third-order valence-corrected chi connectivity index (χ3v) is 3.58. The van der Waals surface area contributed by atoms with Crippen LogP contribution in [0, 0.1) is 5.92 Å². The molecule has 20 heavy (non-hydrogen) atoms. The lowest BCUT2D eigenvalue weighted by molar-refractivity contribution is 0.102. The number of aromatic nitrogens is 6. The molecule has 1 fully saturated rings. The van der Waals surface area contributed by atoms with Gasteiger partial charge in [-0.1, -0.05) is 6.92 Å². The van der Waals surface area contributed by atoms with Gasteiger partial charge in [-0.3, -0.25) is 0 Å². The predicted molar refractivity (Wildman–Crippen MR) is 71.8 cm³/mol. The third kappa shape index (κ3) is 2.56. The fraction of sp³-hybridized carbons (Fsp3) is 0.545. The summed E-state index contributed by atoms with van der Waals surface area (Å²) in [5.74, 6) is 1.03. The van der Waals surface area contributed by atoms with Crippen LogP contribution in [0.4, 0.5) is 5.95 Å². The molecule has 0 saturated carbocycles. The van der Waals surface area contributed by atoms with E-state index in [0.29, 0.717) is 18.4 Å². The van der Waals surface area contributed by atoms with Gasteiger partial charge in [-0.05, 0) is 23.9 Å². The van der Waals surface area contributed by atoms with Crippen molar-refractivity contribution in [2.45, 2.75) is 19.4 Å². The number of halogens is 1. The van der Waals surface area contributed by atoms with Crippen LogP contribution in [0.25, 0.3) is 5.95 Å². The maximum atomic E-state index is 9.96. The summed E-state index contributed by atoms with van der Waals surface area (Å²) in [6.07, 6.45) is 3.36. The Labute approximate surface area is 120 Å². The molecule has 8 nitrogen and oxygen atoms in total.